The van der Waals surface area contributed by atoms with Gasteiger partial charge in [-0.1, -0.05) is 36.4 Å². The Bertz CT molecular complexity index is 555. The second-order valence-corrected chi connectivity index (χ2v) is 6.07. The first-order valence-corrected chi connectivity index (χ1v) is 6.99. The Hall–Kier alpha value is -1.58. The highest BCUT2D eigenvalue weighted by Crippen LogP contribution is 2.25. The Morgan fingerprint density at radius 1 is 1.10 bits per heavy atom. The first-order valence-electron chi connectivity index (χ1n) is 6.99. The van der Waals surface area contributed by atoms with Crippen LogP contribution in [0.3, 0.4) is 0 Å². The first-order chi connectivity index (χ1) is 9.46. The summed E-state index contributed by atoms with van der Waals surface area (Å²) in [7, 11) is 0. The Morgan fingerprint density at radius 3 is 2.55 bits per heavy atom. The maximum Gasteiger partial charge on any atom is 0.127 e. The van der Waals surface area contributed by atoms with Crippen molar-refractivity contribution in [1.29, 1.82) is 0 Å². The van der Waals surface area contributed by atoms with E-state index in [1.54, 1.807) is 0 Å². The van der Waals surface area contributed by atoms with Crippen molar-refractivity contribution in [2.75, 3.05) is 13.2 Å². The van der Waals surface area contributed by atoms with Crippen LogP contribution in [0.1, 0.15) is 20.8 Å². The van der Waals surface area contributed by atoms with Crippen LogP contribution in [-0.4, -0.2) is 29.9 Å². The van der Waals surface area contributed by atoms with Crippen LogP contribution in [0.25, 0.3) is 10.8 Å². The lowest BCUT2D eigenvalue weighted by Crippen LogP contribution is -2.42. The van der Waals surface area contributed by atoms with Gasteiger partial charge in [0.1, 0.15) is 18.5 Å². The van der Waals surface area contributed by atoms with E-state index >= 15 is 0 Å². The van der Waals surface area contributed by atoms with Crippen molar-refractivity contribution in [2.45, 2.75) is 32.4 Å². The highest BCUT2D eigenvalue weighted by atomic mass is 16.5. The number of aliphatic hydroxyl groups excluding tert-OH is 1. The fourth-order valence-electron chi connectivity index (χ4n) is 1.99. The van der Waals surface area contributed by atoms with Crippen molar-refractivity contribution in [3.8, 4) is 5.75 Å². The molecule has 0 saturated heterocycles. The summed E-state index contributed by atoms with van der Waals surface area (Å²) in [5.41, 5.74) is 0.000420. The van der Waals surface area contributed by atoms with Crippen molar-refractivity contribution in [2.24, 2.45) is 0 Å². The zero-order valence-corrected chi connectivity index (χ0v) is 12.4. The Kier molecular flexibility index (Phi) is 4.63. The minimum Gasteiger partial charge on any atom is -0.490 e. The van der Waals surface area contributed by atoms with Gasteiger partial charge in [0, 0.05) is 17.5 Å². The number of fused-ring (bicyclic) bond motifs is 1. The van der Waals surface area contributed by atoms with E-state index in [1.165, 1.54) is 0 Å². The summed E-state index contributed by atoms with van der Waals surface area (Å²) in [6, 6.07) is 14.1. The Balaban J connectivity index is 1.96. The second kappa shape index (κ2) is 6.25. The molecule has 3 nitrogen and oxygen atoms in total. The van der Waals surface area contributed by atoms with Crippen molar-refractivity contribution in [3.05, 3.63) is 42.5 Å². The molecule has 108 valence electrons. The molecule has 3 heteroatoms. The summed E-state index contributed by atoms with van der Waals surface area (Å²) in [4.78, 5) is 0. The summed E-state index contributed by atoms with van der Waals surface area (Å²) < 4.78 is 5.76. The second-order valence-electron chi connectivity index (χ2n) is 6.07. The number of ether oxygens (including phenoxy) is 1. The van der Waals surface area contributed by atoms with Gasteiger partial charge in [0.15, 0.2) is 0 Å². The zero-order chi connectivity index (χ0) is 14.6. The van der Waals surface area contributed by atoms with Gasteiger partial charge in [0.05, 0.1) is 0 Å². The molecule has 2 N–H and O–H groups in total. The van der Waals surface area contributed by atoms with Gasteiger partial charge < -0.3 is 15.2 Å². The van der Waals surface area contributed by atoms with Crippen molar-refractivity contribution >= 4 is 10.8 Å². The maximum absolute atomic E-state index is 9.96. The molecule has 0 aliphatic carbocycles. The van der Waals surface area contributed by atoms with Crippen molar-refractivity contribution in [1.82, 2.24) is 5.32 Å². The van der Waals surface area contributed by atoms with E-state index in [1.807, 2.05) is 30.3 Å². The molecule has 0 radical (unpaired) electrons. The quantitative estimate of drug-likeness (QED) is 0.880. The third kappa shape index (κ3) is 4.22. The number of β-amino-alcohol motifs (C(OH)–C–C–N with tert-alkyl or cyclic N) is 1. The SMILES string of the molecule is CC(C)(C)NC[C@H](O)COc1cccc2ccccc12. The highest BCUT2D eigenvalue weighted by Gasteiger charge is 2.13. The number of aliphatic hydroxyl groups is 1. The largest absolute Gasteiger partial charge is 0.490 e. The van der Waals surface area contributed by atoms with Gasteiger partial charge in [-0.25, -0.2) is 0 Å². The predicted octanol–water partition coefficient (Wildman–Crippen LogP) is 2.97. The van der Waals surface area contributed by atoms with Gasteiger partial charge in [0.2, 0.25) is 0 Å². The minimum atomic E-state index is -0.520. The van der Waals surface area contributed by atoms with Gasteiger partial charge in [-0.05, 0) is 32.2 Å². The lowest BCUT2D eigenvalue weighted by molar-refractivity contribution is 0.101. The molecule has 0 bridgehead atoms. The Morgan fingerprint density at radius 2 is 1.80 bits per heavy atom. The monoisotopic (exact) mass is 273 g/mol. The van der Waals surface area contributed by atoms with Crippen LogP contribution in [-0.2, 0) is 0 Å². The van der Waals surface area contributed by atoms with Gasteiger partial charge >= 0.3 is 0 Å². The number of hydrogen-bond acceptors (Lipinski definition) is 3. The zero-order valence-electron chi connectivity index (χ0n) is 12.4. The minimum absolute atomic E-state index is 0.000420. The van der Waals surface area contributed by atoms with Gasteiger partial charge in [-0.15, -0.1) is 0 Å². The summed E-state index contributed by atoms with van der Waals surface area (Å²) in [5, 5.41) is 15.4. The van der Waals surface area contributed by atoms with E-state index < -0.39 is 6.10 Å². The molecule has 0 aliphatic heterocycles. The van der Waals surface area contributed by atoms with Gasteiger partial charge in [-0.3, -0.25) is 0 Å². The van der Waals surface area contributed by atoms with E-state index in [4.69, 9.17) is 4.74 Å². The summed E-state index contributed by atoms with van der Waals surface area (Å²) in [5.74, 6) is 0.818. The molecular formula is C17H23NO2. The number of rotatable bonds is 5. The van der Waals surface area contributed by atoms with Crippen LogP contribution in [0.4, 0.5) is 0 Å². The Labute approximate surface area is 120 Å². The molecule has 0 aromatic heterocycles. The average Bonchev–Trinajstić information content (AvgIpc) is 2.42. The maximum atomic E-state index is 9.96. The molecule has 0 amide bonds. The molecule has 1 atom stereocenters. The summed E-state index contributed by atoms with van der Waals surface area (Å²) >= 11 is 0. The van der Waals surface area contributed by atoms with Crippen LogP contribution < -0.4 is 10.1 Å². The molecule has 0 aliphatic rings. The molecule has 0 spiro atoms. The van der Waals surface area contributed by atoms with Crippen LogP contribution >= 0.6 is 0 Å². The van der Waals surface area contributed by atoms with E-state index in [0.717, 1.165) is 16.5 Å². The molecule has 0 heterocycles. The fraction of sp³-hybridized carbons (Fsp3) is 0.412. The molecule has 2 aromatic rings. The van der Waals surface area contributed by atoms with Crippen molar-refractivity contribution in [3.63, 3.8) is 0 Å². The molecular weight excluding hydrogens is 250 g/mol. The third-order valence-corrected chi connectivity index (χ3v) is 3.05. The van der Waals surface area contributed by atoms with Crippen LogP contribution in [0.5, 0.6) is 5.75 Å². The lowest BCUT2D eigenvalue weighted by Gasteiger charge is -2.23. The fourth-order valence-corrected chi connectivity index (χ4v) is 1.99. The predicted molar refractivity (Wildman–Crippen MR) is 83.2 cm³/mol. The third-order valence-electron chi connectivity index (χ3n) is 3.05. The average molecular weight is 273 g/mol. The summed E-state index contributed by atoms with van der Waals surface area (Å²) in [6.45, 7) is 7.03. The number of nitrogens with one attached hydrogen (secondary N) is 1. The van der Waals surface area contributed by atoms with Gasteiger partial charge in [0.25, 0.3) is 0 Å². The molecule has 2 rings (SSSR count). The van der Waals surface area contributed by atoms with E-state index in [0.29, 0.717) is 6.54 Å². The van der Waals surface area contributed by atoms with Crippen LogP contribution in [0.15, 0.2) is 42.5 Å². The molecule has 20 heavy (non-hydrogen) atoms. The molecule has 2 aromatic carbocycles. The standard InChI is InChI=1S/C17H23NO2/c1-17(2,3)18-11-14(19)12-20-16-10-6-8-13-7-4-5-9-15(13)16/h4-10,14,18-19H,11-12H2,1-3H3/t14-/m0/s1. The number of hydrogen-bond donors (Lipinski definition) is 2. The van der Waals surface area contributed by atoms with Gasteiger partial charge in [-0.2, -0.15) is 0 Å². The van der Waals surface area contributed by atoms with Crippen molar-refractivity contribution < 1.29 is 9.84 Å². The van der Waals surface area contributed by atoms with Crippen LogP contribution in [0.2, 0.25) is 0 Å². The normalized spacial score (nSPS) is 13.4. The van der Waals surface area contributed by atoms with E-state index in [-0.39, 0.29) is 12.1 Å². The summed E-state index contributed by atoms with van der Waals surface area (Å²) in [6.07, 6.45) is -0.520. The lowest BCUT2D eigenvalue weighted by atomic mass is 10.1. The molecule has 0 saturated carbocycles. The molecule has 0 fully saturated rings. The smallest absolute Gasteiger partial charge is 0.127 e. The van der Waals surface area contributed by atoms with Crippen LogP contribution in [0, 0.1) is 0 Å². The number of benzene rings is 2. The molecule has 0 unspecified atom stereocenters. The van der Waals surface area contributed by atoms with E-state index in [2.05, 4.69) is 38.2 Å². The topological polar surface area (TPSA) is 41.5 Å². The first kappa shape index (κ1) is 14.8. The van der Waals surface area contributed by atoms with E-state index in [9.17, 15) is 5.11 Å². The highest BCUT2D eigenvalue weighted by molar-refractivity contribution is 5.88.